The molecule has 0 saturated heterocycles. The predicted molar refractivity (Wildman–Crippen MR) is 93.4 cm³/mol. The van der Waals surface area contributed by atoms with Crippen molar-refractivity contribution in [3.63, 3.8) is 0 Å². The fourth-order valence-electron chi connectivity index (χ4n) is 2.66. The normalized spacial score (nSPS) is 14.9. The lowest BCUT2D eigenvalue weighted by atomic mass is 10.0. The molecular formula is C18H21FN4O2. The lowest BCUT2D eigenvalue weighted by molar-refractivity contribution is 0.0934. The Balaban J connectivity index is 1.76. The standard InChI is InChI=1S/C18H21FN4O2/c1-10(12-6-7-13(11-4-5-11)14(19)8-12)20-17(25)15-9-16(24)22-18(21-15)23(2)3/h6-11H,4-5H2,1-3H3,(H,20,25)(H,21,22,24)/t10-/m1/s1. The number of hydrogen-bond acceptors (Lipinski definition) is 4. The van der Waals surface area contributed by atoms with Crippen molar-refractivity contribution in [1.29, 1.82) is 0 Å². The number of benzene rings is 1. The Morgan fingerprint density at radius 3 is 2.68 bits per heavy atom. The molecule has 1 fully saturated rings. The number of nitrogens with zero attached hydrogens (tertiary/aromatic N) is 2. The van der Waals surface area contributed by atoms with Gasteiger partial charge in [0.1, 0.15) is 11.5 Å². The van der Waals surface area contributed by atoms with Crippen LogP contribution < -0.4 is 15.8 Å². The summed E-state index contributed by atoms with van der Waals surface area (Å²) in [7, 11) is 3.43. The van der Waals surface area contributed by atoms with E-state index < -0.39 is 17.5 Å². The predicted octanol–water partition coefficient (Wildman–Crippen LogP) is 2.34. The maximum absolute atomic E-state index is 14.2. The van der Waals surface area contributed by atoms with Gasteiger partial charge in [-0.3, -0.25) is 14.6 Å². The number of nitrogens with one attached hydrogen (secondary N) is 2. The Kier molecular flexibility index (Phi) is 4.57. The molecule has 132 valence electrons. The van der Waals surface area contributed by atoms with Gasteiger partial charge < -0.3 is 10.2 Å². The minimum absolute atomic E-state index is 0.0226. The molecule has 0 radical (unpaired) electrons. The van der Waals surface area contributed by atoms with E-state index >= 15 is 0 Å². The van der Waals surface area contributed by atoms with Crippen LogP contribution in [-0.2, 0) is 0 Å². The number of anilines is 1. The van der Waals surface area contributed by atoms with Gasteiger partial charge >= 0.3 is 0 Å². The van der Waals surface area contributed by atoms with Crippen molar-refractivity contribution in [3.05, 3.63) is 57.3 Å². The molecule has 0 bridgehead atoms. The van der Waals surface area contributed by atoms with Crippen LogP contribution in [0.1, 0.15) is 53.3 Å². The van der Waals surface area contributed by atoms with Crippen molar-refractivity contribution in [2.24, 2.45) is 0 Å². The van der Waals surface area contributed by atoms with Gasteiger partial charge in [0.05, 0.1) is 6.04 Å². The summed E-state index contributed by atoms with van der Waals surface area (Å²) < 4.78 is 14.2. The largest absolute Gasteiger partial charge is 0.348 e. The molecule has 1 atom stereocenters. The summed E-state index contributed by atoms with van der Waals surface area (Å²) >= 11 is 0. The second kappa shape index (κ2) is 6.66. The maximum atomic E-state index is 14.2. The van der Waals surface area contributed by atoms with Gasteiger partial charge in [0, 0.05) is 20.2 Å². The highest BCUT2D eigenvalue weighted by molar-refractivity contribution is 5.92. The molecule has 0 unspecified atom stereocenters. The number of rotatable bonds is 5. The number of amides is 1. The zero-order valence-electron chi connectivity index (χ0n) is 14.5. The van der Waals surface area contributed by atoms with E-state index in [9.17, 15) is 14.0 Å². The van der Waals surface area contributed by atoms with Gasteiger partial charge in [-0.2, -0.15) is 0 Å². The number of carbonyl (C=O) groups excluding carboxylic acids is 1. The molecule has 1 amide bonds. The van der Waals surface area contributed by atoms with Gasteiger partial charge in [-0.1, -0.05) is 12.1 Å². The fraction of sp³-hybridized carbons (Fsp3) is 0.389. The number of hydrogen-bond donors (Lipinski definition) is 2. The van der Waals surface area contributed by atoms with Crippen LogP contribution in [-0.4, -0.2) is 30.0 Å². The molecule has 7 heteroatoms. The Morgan fingerprint density at radius 2 is 2.08 bits per heavy atom. The second-order valence-electron chi connectivity index (χ2n) is 6.60. The van der Waals surface area contributed by atoms with Gasteiger partial charge in [0.25, 0.3) is 11.5 Å². The zero-order chi connectivity index (χ0) is 18.1. The summed E-state index contributed by atoms with van der Waals surface area (Å²) in [4.78, 5) is 32.3. The third-order valence-corrected chi connectivity index (χ3v) is 4.27. The summed E-state index contributed by atoms with van der Waals surface area (Å²) in [5, 5.41) is 2.76. The van der Waals surface area contributed by atoms with Crippen LogP contribution in [0, 0.1) is 5.82 Å². The smallest absolute Gasteiger partial charge is 0.270 e. The topological polar surface area (TPSA) is 78.1 Å². The molecule has 1 aliphatic carbocycles. The van der Waals surface area contributed by atoms with E-state index in [1.54, 1.807) is 32.0 Å². The highest BCUT2D eigenvalue weighted by atomic mass is 19.1. The van der Waals surface area contributed by atoms with Crippen LogP contribution in [0.3, 0.4) is 0 Å². The first-order valence-electron chi connectivity index (χ1n) is 8.24. The van der Waals surface area contributed by atoms with E-state index in [2.05, 4.69) is 15.3 Å². The third-order valence-electron chi connectivity index (χ3n) is 4.27. The molecule has 1 heterocycles. The van der Waals surface area contributed by atoms with Crippen molar-refractivity contribution < 1.29 is 9.18 Å². The van der Waals surface area contributed by atoms with Crippen LogP contribution >= 0.6 is 0 Å². The minimum atomic E-state index is -0.478. The average Bonchev–Trinajstić information content (AvgIpc) is 3.38. The fourth-order valence-corrected chi connectivity index (χ4v) is 2.66. The summed E-state index contributed by atoms with van der Waals surface area (Å²) in [5.74, 6) is -0.0765. The zero-order valence-corrected chi connectivity index (χ0v) is 14.5. The van der Waals surface area contributed by atoms with Crippen molar-refractivity contribution in [2.75, 3.05) is 19.0 Å². The molecule has 0 spiro atoms. The molecule has 1 aromatic carbocycles. The van der Waals surface area contributed by atoms with Crippen molar-refractivity contribution in [3.8, 4) is 0 Å². The first-order chi connectivity index (χ1) is 11.8. The quantitative estimate of drug-likeness (QED) is 0.873. The molecule has 1 saturated carbocycles. The molecule has 6 nitrogen and oxygen atoms in total. The van der Waals surface area contributed by atoms with E-state index in [0.29, 0.717) is 17.4 Å². The molecule has 1 aliphatic rings. The highest BCUT2D eigenvalue weighted by Crippen LogP contribution is 2.41. The first kappa shape index (κ1) is 17.1. The van der Waals surface area contributed by atoms with E-state index in [4.69, 9.17) is 0 Å². The molecular weight excluding hydrogens is 323 g/mol. The lowest BCUT2D eigenvalue weighted by Gasteiger charge is -2.16. The van der Waals surface area contributed by atoms with Crippen LogP contribution in [0.25, 0.3) is 0 Å². The molecule has 3 rings (SSSR count). The Morgan fingerprint density at radius 1 is 1.36 bits per heavy atom. The average molecular weight is 344 g/mol. The first-order valence-corrected chi connectivity index (χ1v) is 8.24. The van der Waals surface area contributed by atoms with E-state index in [1.165, 1.54) is 6.07 Å². The van der Waals surface area contributed by atoms with Crippen molar-refractivity contribution in [2.45, 2.75) is 31.7 Å². The summed E-state index contributed by atoms with van der Waals surface area (Å²) in [6, 6.07) is 5.83. The summed E-state index contributed by atoms with van der Waals surface area (Å²) in [5.41, 5.74) is 1.03. The summed E-state index contributed by atoms with van der Waals surface area (Å²) in [6.45, 7) is 1.77. The van der Waals surface area contributed by atoms with E-state index in [1.807, 2.05) is 6.07 Å². The number of aromatic amines is 1. The van der Waals surface area contributed by atoms with Crippen LogP contribution in [0.2, 0.25) is 0 Å². The maximum Gasteiger partial charge on any atom is 0.270 e. The number of H-pyrrole nitrogens is 1. The Bertz CT molecular complexity index is 858. The Hall–Kier alpha value is -2.70. The molecule has 25 heavy (non-hydrogen) atoms. The molecule has 2 aromatic rings. The van der Waals surface area contributed by atoms with Gasteiger partial charge in [-0.25, -0.2) is 9.37 Å². The van der Waals surface area contributed by atoms with Gasteiger partial charge in [-0.05, 0) is 42.9 Å². The van der Waals surface area contributed by atoms with E-state index in [-0.39, 0.29) is 11.5 Å². The molecule has 0 aliphatic heterocycles. The molecule has 1 aromatic heterocycles. The molecule has 2 N–H and O–H groups in total. The SMILES string of the molecule is C[C@@H](NC(=O)c1cc(=O)[nH]c(N(C)C)n1)c1ccc(C2CC2)c(F)c1. The van der Waals surface area contributed by atoms with Crippen LogP contribution in [0.5, 0.6) is 0 Å². The van der Waals surface area contributed by atoms with Gasteiger partial charge in [0.2, 0.25) is 5.95 Å². The Labute approximate surface area is 145 Å². The van der Waals surface area contributed by atoms with Crippen molar-refractivity contribution in [1.82, 2.24) is 15.3 Å². The van der Waals surface area contributed by atoms with Crippen molar-refractivity contribution >= 4 is 11.9 Å². The second-order valence-corrected chi connectivity index (χ2v) is 6.60. The van der Waals surface area contributed by atoms with Crippen LogP contribution in [0.4, 0.5) is 10.3 Å². The monoisotopic (exact) mass is 344 g/mol. The van der Waals surface area contributed by atoms with E-state index in [0.717, 1.165) is 24.5 Å². The lowest BCUT2D eigenvalue weighted by Crippen LogP contribution is -2.30. The van der Waals surface area contributed by atoms with Gasteiger partial charge in [0.15, 0.2) is 0 Å². The minimum Gasteiger partial charge on any atom is -0.348 e. The van der Waals surface area contributed by atoms with Crippen LogP contribution in [0.15, 0.2) is 29.1 Å². The summed E-state index contributed by atoms with van der Waals surface area (Å²) in [6.07, 6.45) is 2.07. The highest BCUT2D eigenvalue weighted by Gasteiger charge is 2.26. The third kappa shape index (κ3) is 3.87. The number of carbonyl (C=O) groups is 1. The number of aromatic nitrogens is 2. The van der Waals surface area contributed by atoms with Gasteiger partial charge in [-0.15, -0.1) is 0 Å². The number of halogens is 1.